The van der Waals surface area contributed by atoms with Crippen LogP contribution in [-0.4, -0.2) is 9.97 Å². The third kappa shape index (κ3) is 3.95. The predicted molar refractivity (Wildman–Crippen MR) is 156 cm³/mol. The number of benzene rings is 5. The number of hydrogen-bond donors (Lipinski definition) is 0. The number of fused-ring (bicyclic) bond motifs is 3. The van der Waals surface area contributed by atoms with Crippen LogP contribution in [0.3, 0.4) is 0 Å². The van der Waals surface area contributed by atoms with E-state index in [2.05, 4.69) is 104 Å². The van der Waals surface area contributed by atoms with Crippen LogP contribution in [0.2, 0.25) is 0 Å². The minimum Gasteiger partial charge on any atom is -0.455 e. The van der Waals surface area contributed by atoms with Crippen molar-refractivity contribution in [1.29, 1.82) is 0 Å². The fourth-order valence-electron chi connectivity index (χ4n) is 4.98. The first-order valence-corrected chi connectivity index (χ1v) is 12.8. The van der Waals surface area contributed by atoms with Crippen molar-refractivity contribution in [3.8, 4) is 45.0 Å². The zero-order valence-corrected chi connectivity index (χ0v) is 20.9. The number of para-hydroxylation sites is 2. The van der Waals surface area contributed by atoms with Gasteiger partial charge in [0.15, 0.2) is 5.82 Å². The van der Waals surface area contributed by atoms with Crippen LogP contribution in [0.5, 0.6) is 0 Å². The number of rotatable bonds is 4. The molecule has 0 saturated heterocycles. The van der Waals surface area contributed by atoms with E-state index < -0.39 is 0 Å². The summed E-state index contributed by atoms with van der Waals surface area (Å²) in [7, 11) is 0. The normalized spacial score (nSPS) is 11.3. The van der Waals surface area contributed by atoms with Crippen LogP contribution in [0.15, 0.2) is 132 Å². The molecule has 7 aromatic rings. The van der Waals surface area contributed by atoms with E-state index in [1.54, 1.807) is 0 Å². The molecule has 0 radical (unpaired) electrons. The Morgan fingerprint density at radius 3 is 1.87 bits per heavy atom. The molecule has 7 rings (SSSR count). The highest BCUT2D eigenvalue weighted by atomic mass is 16.3. The predicted octanol–water partition coefficient (Wildman–Crippen LogP) is 9.35. The van der Waals surface area contributed by atoms with Crippen LogP contribution in [0.25, 0.3) is 67.0 Å². The molecule has 5 aromatic carbocycles. The second-order valence-corrected chi connectivity index (χ2v) is 9.55. The molecule has 3 heteroatoms. The fourth-order valence-corrected chi connectivity index (χ4v) is 4.98. The Bertz CT molecular complexity index is 1900. The first-order valence-electron chi connectivity index (χ1n) is 12.8. The molecule has 0 unspecified atom stereocenters. The summed E-state index contributed by atoms with van der Waals surface area (Å²) in [6, 6.07) is 43.8. The average molecular weight is 489 g/mol. The van der Waals surface area contributed by atoms with E-state index >= 15 is 0 Å². The molecule has 0 amide bonds. The van der Waals surface area contributed by atoms with Crippen LogP contribution in [0, 0.1) is 6.92 Å². The number of hydrogen-bond acceptors (Lipinski definition) is 3. The lowest BCUT2D eigenvalue weighted by Crippen LogP contribution is -1.96. The second kappa shape index (κ2) is 9.13. The zero-order chi connectivity index (χ0) is 25.5. The summed E-state index contributed by atoms with van der Waals surface area (Å²) in [6.45, 7) is 2.09. The number of nitrogens with zero attached hydrogens (tertiary/aromatic N) is 2. The largest absolute Gasteiger partial charge is 0.455 e. The van der Waals surface area contributed by atoms with Gasteiger partial charge in [-0.25, -0.2) is 9.97 Å². The Morgan fingerprint density at radius 1 is 0.500 bits per heavy atom. The molecule has 0 saturated carbocycles. The van der Waals surface area contributed by atoms with E-state index in [4.69, 9.17) is 14.4 Å². The van der Waals surface area contributed by atoms with Crippen molar-refractivity contribution in [1.82, 2.24) is 9.97 Å². The molecule has 3 nitrogen and oxygen atoms in total. The van der Waals surface area contributed by atoms with E-state index in [9.17, 15) is 0 Å². The zero-order valence-electron chi connectivity index (χ0n) is 20.9. The van der Waals surface area contributed by atoms with Crippen molar-refractivity contribution in [2.75, 3.05) is 0 Å². The highest BCUT2D eigenvalue weighted by Gasteiger charge is 2.14. The molecule has 0 aliphatic heterocycles. The van der Waals surface area contributed by atoms with Gasteiger partial charge < -0.3 is 4.42 Å². The maximum absolute atomic E-state index is 6.27. The van der Waals surface area contributed by atoms with Gasteiger partial charge in [-0.3, -0.25) is 0 Å². The van der Waals surface area contributed by atoms with Gasteiger partial charge in [0.2, 0.25) is 0 Å². The molecule has 0 aliphatic rings. The molecule has 0 aliphatic carbocycles. The molecule has 2 aromatic heterocycles. The van der Waals surface area contributed by atoms with Crippen molar-refractivity contribution < 1.29 is 4.42 Å². The van der Waals surface area contributed by atoms with Crippen molar-refractivity contribution in [3.63, 3.8) is 0 Å². The van der Waals surface area contributed by atoms with Gasteiger partial charge in [-0.2, -0.15) is 0 Å². The minimum absolute atomic E-state index is 0.720. The standard InChI is InChI=1S/C35H24N2O/c1-23-14-16-27(17-15-23)35-36-31(25-8-3-2-4-9-25)22-32(37-35)26-20-18-24(19-21-26)28-11-7-12-30-29-10-5-6-13-33(29)38-34(28)30/h2-22H,1H3. The Morgan fingerprint density at radius 2 is 1.11 bits per heavy atom. The number of furan rings is 1. The first kappa shape index (κ1) is 22.2. The second-order valence-electron chi connectivity index (χ2n) is 9.55. The summed E-state index contributed by atoms with van der Waals surface area (Å²) in [6.07, 6.45) is 0. The number of aryl methyl sites for hydroxylation is 1. The highest BCUT2D eigenvalue weighted by Crippen LogP contribution is 2.36. The Labute approximate surface area is 221 Å². The quantitative estimate of drug-likeness (QED) is 0.248. The molecule has 0 spiro atoms. The molecule has 2 heterocycles. The number of aromatic nitrogens is 2. The van der Waals surface area contributed by atoms with Gasteiger partial charge in [0, 0.05) is 33.0 Å². The lowest BCUT2D eigenvalue weighted by atomic mass is 10.00. The first-order chi connectivity index (χ1) is 18.7. The van der Waals surface area contributed by atoms with E-state index in [1.807, 2.05) is 30.3 Å². The molecule has 38 heavy (non-hydrogen) atoms. The van der Waals surface area contributed by atoms with E-state index in [-0.39, 0.29) is 0 Å². The molecule has 0 atom stereocenters. The minimum atomic E-state index is 0.720. The maximum atomic E-state index is 6.27. The molecule has 180 valence electrons. The molecular formula is C35H24N2O. The summed E-state index contributed by atoms with van der Waals surface area (Å²) in [5.74, 6) is 0.720. The van der Waals surface area contributed by atoms with Gasteiger partial charge in [0.25, 0.3) is 0 Å². The fraction of sp³-hybridized carbons (Fsp3) is 0.0286. The van der Waals surface area contributed by atoms with E-state index in [1.165, 1.54) is 5.56 Å². The summed E-state index contributed by atoms with van der Waals surface area (Å²) in [5, 5.41) is 2.27. The van der Waals surface area contributed by atoms with Gasteiger partial charge in [-0.1, -0.05) is 121 Å². The van der Waals surface area contributed by atoms with Gasteiger partial charge in [0.1, 0.15) is 11.2 Å². The van der Waals surface area contributed by atoms with Gasteiger partial charge in [-0.15, -0.1) is 0 Å². The summed E-state index contributed by atoms with van der Waals surface area (Å²) in [4.78, 5) is 9.91. The Balaban J connectivity index is 1.33. The monoisotopic (exact) mass is 488 g/mol. The Hall–Kier alpha value is -5.02. The molecule has 0 fully saturated rings. The van der Waals surface area contributed by atoms with Crippen molar-refractivity contribution in [2.24, 2.45) is 0 Å². The van der Waals surface area contributed by atoms with Crippen LogP contribution in [-0.2, 0) is 0 Å². The van der Waals surface area contributed by atoms with Crippen LogP contribution in [0.4, 0.5) is 0 Å². The summed E-state index contributed by atoms with van der Waals surface area (Å²) in [5.41, 5.74) is 10.1. The summed E-state index contributed by atoms with van der Waals surface area (Å²) < 4.78 is 6.27. The van der Waals surface area contributed by atoms with Crippen LogP contribution in [0.1, 0.15) is 5.56 Å². The van der Waals surface area contributed by atoms with Crippen molar-refractivity contribution in [3.05, 3.63) is 133 Å². The van der Waals surface area contributed by atoms with Crippen molar-refractivity contribution in [2.45, 2.75) is 6.92 Å². The van der Waals surface area contributed by atoms with Crippen LogP contribution >= 0.6 is 0 Å². The average Bonchev–Trinajstić information content (AvgIpc) is 3.37. The Kier molecular flexibility index (Phi) is 5.33. The van der Waals surface area contributed by atoms with Gasteiger partial charge in [-0.05, 0) is 24.6 Å². The third-order valence-electron chi connectivity index (χ3n) is 7.00. The topological polar surface area (TPSA) is 38.9 Å². The third-order valence-corrected chi connectivity index (χ3v) is 7.00. The lowest BCUT2D eigenvalue weighted by molar-refractivity contribution is 0.670. The highest BCUT2D eigenvalue weighted by molar-refractivity contribution is 6.09. The van der Waals surface area contributed by atoms with Gasteiger partial charge in [0.05, 0.1) is 11.4 Å². The van der Waals surface area contributed by atoms with E-state index in [0.717, 1.165) is 67.0 Å². The molecular weight excluding hydrogens is 464 g/mol. The van der Waals surface area contributed by atoms with Crippen molar-refractivity contribution >= 4 is 21.9 Å². The maximum Gasteiger partial charge on any atom is 0.160 e. The smallest absolute Gasteiger partial charge is 0.160 e. The van der Waals surface area contributed by atoms with E-state index in [0.29, 0.717) is 0 Å². The molecule has 0 bridgehead atoms. The SMILES string of the molecule is Cc1ccc(-c2nc(-c3ccccc3)cc(-c3ccc(-c4cccc5c4oc4ccccc45)cc3)n2)cc1. The lowest BCUT2D eigenvalue weighted by Gasteiger charge is -2.10. The van der Waals surface area contributed by atoms with Gasteiger partial charge >= 0.3 is 0 Å². The summed E-state index contributed by atoms with van der Waals surface area (Å²) >= 11 is 0. The molecule has 0 N–H and O–H groups in total. The van der Waals surface area contributed by atoms with Crippen LogP contribution < -0.4 is 0 Å².